The average Bonchev–Trinajstić information content (AvgIpc) is 3.38. The summed E-state index contributed by atoms with van der Waals surface area (Å²) in [4.78, 5) is 13.0. The Balaban J connectivity index is 1.47. The quantitative estimate of drug-likeness (QED) is 0.763. The maximum absolute atomic E-state index is 13.2. The number of benzene rings is 1. The Morgan fingerprint density at radius 1 is 1.23 bits per heavy atom. The minimum Gasteiger partial charge on any atom is -0.476 e. The van der Waals surface area contributed by atoms with Crippen LogP contribution in [-0.4, -0.2) is 26.6 Å². The Hall–Kier alpha value is -2.39. The molecule has 0 unspecified atom stereocenters. The van der Waals surface area contributed by atoms with Crippen molar-refractivity contribution in [1.82, 2.24) is 9.78 Å². The zero-order chi connectivity index (χ0) is 21.1. The van der Waals surface area contributed by atoms with E-state index < -0.39 is 15.9 Å². The predicted molar refractivity (Wildman–Crippen MR) is 114 cm³/mol. The molecule has 160 valence electrons. The van der Waals surface area contributed by atoms with Gasteiger partial charge >= 0.3 is 6.03 Å². The molecule has 0 saturated heterocycles. The van der Waals surface area contributed by atoms with Gasteiger partial charge in [0.1, 0.15) is 4.90 Å². The number of anilines is 1. The lowest BCUT2D eigenvalue weighted by molar-refractivity contribution is 0.0972. The third kappa shape index (κ3) is 3.30. The fourth-order valence-corrected chi connectivity index (χ4v) is 5.80. The van der Waals surface area contributed by atoms with E-state index in [2.05, 4.69) is 34.7 Å². The molecule has 1 aromatic carbocycles. The molecule has 0 spiro atoms. The van der Waals surface area contributed by atoms with E-state index in [1.165, 1.54) is 28.5 Å². The summed E-state index contributed by atoms with van der Waals surface area (Å²) in [6.45, 7) is 5.19. The molecule has 2 aromatic rings. The normalized spacial score (nSPS) is 20.5. The van der Waals surface area contributed by atoms with E-state index in [-0.39, 0.29) is 10.3 Å². The predicted octanol–water partition coefficient (Wildman–Crippen LogP) is 3.21. The molecule has 0 fully saturated rings. The van der Waals surface area contributed by atoms with Crippen LogP contribution in [0.4, 0.5) is 10.5 Å². The first-order valence-corrected chi connectivity index (χ1v) is 12.0. The van der Waals surface area contributed by atoms with Crippen molar-refractivity contribution in [2.75, 3.05) is 11.9 Å². The third-order valence-corrected chi connectivity index (χ3v) is 7.52. The molecule has 1 atom stereocenters. The summed E-state index contributed by atoms with van der Waals surface area (Å²) < 4.78 is 24.4. The first-order chi connectivity index (χ1) is 14.2. The number of urea groups is 1. The smallest absolute Gasteiger partial charge is 0.354 e. The van der Waals surface area contributed by atoms with Crippen LogP contribution in [-0.2, 0) is 42.1 Å². The van der Waals surface area contributed by atoms with Crippen LogP contribution in [0.25, 0.3) is 0 Å². The Morgan fingerprint density at radius 2 is 1.90 bits per heavy atom. The first-order valence-electron chi connectivity index (χ1n) is 10.4. The van der Waals surface area contributed by atoms with Gasteiger partial charge in [-0.1, -0.05) is 19.9 Å². The van der Waals surface area contributed by atoms with E-state index in [0.717, 1.165) is 44.2 Å². The van der Waals surface area contributed by atoms with E-state index in [1.54, 1.807) is 4.68 Å². The van der Waals surface area contributed by atoms with Gasteiger partial charge in [0.05, 0.1) is 19.3 Å². The van der Waals surface area contributed by atoms with Crippen molar-refractivity contribution in [2.45, 2.75) is 63.8 Å². The van der Waals surface area contributed by atoms with Crippen molar-refractivity contribution in [3.8, 4) is 5.88 Å². The Kier molecular flexibility index (Phi) is 4.44. The van der Waals surface area contributed by atoms with E-state index in [1.807, 2.05) is 0 Å². The number of aromatic nitrogens is 2. The first kappa shape index (κ1) is 19.6. The highest BCUT2D eigenvalue weighted by molar-refractivity contribution is 7.91. The number of hydrogen-bond acceptors (Lipinski definition) is 4. The fourth-order valence-electron chi connectivity index (χ4n) is 4.80. The van der Waals surface area contributed by atoms with Gasteiger partial charge in [-0.15, -0.1) is 4.36 Å². The third-order valence-electron chi connectivity index (χ3n) is 6.18. The minimum atomic E-state index is -3.49. The van der Waals surface area contributed by atoms with Gasteiger partial charge in [0.15, 0.2) is 9.92 Å². The zero-order valence-electron chi connectivity index (χ0n) is 17.4. The molecule has 0 saturated carbocycles. The molecule has 5 rings (SSSR count). The molecule has 3 aliphatic rings. The maximum Gasteiger partial charge on any atom is 0.354 e. The summed E-state index contributed by atoms with van der Waals surface area (Å²) in [5.74, 6) is 0.333. The van der Waals surface area contributed by atoms with Crippen LogP contribution in [0.3, 0.4) is 0 Å². The molecule has 2 heterocycles. The molecular formula is C21H27N5O3S. The van der Waals surface area contributed by atoms with Crippen LogP contribution in [0.15, 0.2) is 21.5 Å². The second-order valence-electron chi connectivity index (χ2n) is 9.25. The van der Waals surface area contributed by atoms with Gasteiger partial charge in [0.25, 0.3) is 0 Å². The molecule has 3 N–H and O–H groups in total. The summed E-state index contributed by atoms with van der Waals surface area (Å²) in [6.07, 6.45) is 7.52. The van der Waals surface area contributed by atoms with Gasteiger partial charge < -0.3 is 10.1 Å². The van der Waals surface area contributed by atoms with E-state index in [0.29, 0.717) is 19.0 Å². The lowest BCUT2D eigenvalue weighted by Gasteiger charge is -2.30. The van der Waals surface area contributed by atoms with Crippen molar-refractivity contribution in [3.05, 3.63) is 34.5 Å². The number of nitrogens with one attached hydrogen (secondary N) is 1. The summed E-state index contributed by atoms with van der Waals surface area (Å²) in [7, 11) is -3.49. The van der Waals surface area contributed by atoms with Crippen LogP contribution in [0, 0.1) is 5.41 Å². The topological polar surface area (TPSA) is 112 Å². The van der Waals surface area contributed by atoms with Crippen LogP contribution in [0.5, 0.6) is 5.88 Å². The monoisotopic (exact) mass is 429 g/mol. The van der Waals surface area contributed by atoms with Gasteiger partial charge in [-0.05, 0) is 60.8 Å². The van der Waals surface area contributed by atoms with Crippen LogP contribution in [0.1, 0.15) is 48.9 Å². The highest BCUT2D eigenvalue weighted by Crippen LogP contribution is 2.39. The van der Waals surface area contributed by atoms with Gasteiger partial charge in [-0.2, -0.15) is 5.10 Å². The van der Waals surface area contributed by atoms with Crippen molar-refractivity contribution in [3.63, 3.8) is 0 Å². The van der Waals surface area contributed by atoms with E-state index in [9.17, 15) is 9.00 Å². The molecular weight excluding hydrogens is 402 g/mol. The SMILES string of the molecule is CC1(C)COc2c([S@@](N)(=O)=NC(=O)Nc3c4c(cc5c3CCC5)CCC4)cnn2C1. The highest BCUT2D eigenvalue weighted by Gasteiger charge is 2.32. The van der Waals surface area contributed by atoms with Crippen LogP contribution in [0.2, 0.25) is 0 Å². The van der Waals surface area contributed by atoms with Crippen molar-refractivity contribution in [2.24, 2.45) is 14.9 Å². The number of ether oxygens (including phenoxy) is 1. The van der Waals surface area contributed by atoms with Gasteiger partial charge in [-0.3, -0.25) is 0 Å². The second-order valence-corrected chi connectivity index (χ2v) is 11.0. The number of nitrogens with two attached hydrogens (primary N) is 1. The van der Waals surface area contributed by atoms with E-state index in [4.69, 9.17) is 9.88 Å². The molecule has 1 aliphatic heterocycles. The largest absolute Gasteiger partial charge is 0.476 e. The molecule has 1 aromatic heterocycles. The molecule has 0 bridgehead atoms. The lowest BCUT2D eigenvalue weighted by Crippen LogP contribution is -2.33. The molecule has 9 heteroatoms. The number of hydrogen-bond donors (Lipinski definition) is 2. The summed E-state index contributed by atoms with van der Waals surface area (Å²) in [5, 5.41) is 13.2. The molecule has 8 nitrogen and oxygen atoms in total. The Labute approximate surface area is 176 Å². The summed E-state index contributed by atoms with van der Waals surface area (Å²) in [5.41, 5.74) is 5.76. The number of nitrogens with zero attached hydrogens (tertiary/aromatic N) is 3. The minimum absolute atomic E-state index is 0.0889. The number of carbonyl (C=O) groups excluding carboxylic acids is 1. The highest BCUT2D eigenvalue weighted by atomic mass is 32.2. The van der Waals surface area contributed by atoms with Crippen LogP contribution >= 0.6 is 0 Å². The van der Waals surface area contributed by atoms with Crippen LogP contribution < -0.4 is 15.2 Å². The lowest BCUT2D eigenvalue weighted by atomic mass is 9.94. The average molecular weight is 430 g/mol. The summed E-state index contributed by atoms with van der Waals surface area (Å²) >= 11 is 0. The molecule has 2 amide bonds. The van der Waals surface area contributed by atoms with Crippen molar-refractivity contribution in [1.29, 1.82) is 0 Å². The molecule has 2 aliphatic carbocycles. The zero-order valence-corrected chi connectivity index (χ0v) is 18.2. The van der Waals surface area contributed by atoms with Gasteiger partial charge in [0, 0.05) is 11.1 Å². The van der Waals surface area contributed by atoms with Gasteiger partial charge in [-0.25, -0.2) is 18.8 Å². The number of aryl methyl sites for hydroxylation is 2. The maximum atomic E-state index is 13.2. The number of fused-ring (bicyclic) bond motifs is 3. The second kappa shape index (κ2) is 6.81. The molecule has 0 radical (unpaired) electrons. The molecule has 30 heavy (non-hydrogen) atoms. The van der Waals surface area contributed by atoms with Gasteiger partial charge in [0.2, 0.25) is 5.88 Å². The standard InChI is InChI=1S/C21H27N5O3S/c1-21(2)11-26-19(29-12-21)17(10-23-26)30(22,28)25-20(27)24-18-15-7-3-5-13(15)9-14-6-4-8-16(14)18/h9-10H,3-8,11-12H2,1-2H3,(H3,22,24,25,27,28)/t30-/m0/s1. The number of amides is 2. The fraction of sp³-hybridized carbons (Fsp3) is 0.524. The number of rotatable bonds is 2. The summed E-state index contributed by atoms with van der Waals surface area (Å²) in [6, 6.07) is 1.61. The van der Waals surface area contributed by atoms with Crippen molar-refractivity contribution >= 4 is 21.6 Å². The number of carbonyl (C=O) groups is 1. The van der Waals surface area contributed by atoms with E-state index >= 15 is 0 Å². The Bertz CT molecular complexity index is 1140. The Morgan fingerprint density at radius 3 is 2.57 bits per heavy atom. The van der Waals surface area contributed by atoms with Crippen molar-refractivity contribution < 1.29 is 13.7 Å².